The summed E-state index contributed by atoms with van der Waals surface area (Å²) in [7, 11) is 1.56. The summed E-state index contributed by atoms with van der Waals surface area (Å²) in [6.45, 7) is 0. The third-order valence-electron chi connectivity index (χ3n) is 2.77. The van der Waals surface area contributed by atoms with Crippen LogP contribution < -0.4 is 15.8 Å². The van der Waals surface area contributed by atoms with Crippen molar-refractivity contribution in [2.45, 2.75) is 0 Å². The van der Waals surface area contributed by atoms with Gasteiger partial charge >= 0.3 is 5.97 Å². The first-order chi connectivity index (χ1) is 9.52. The van der Waals surface area contributed by atoms with E-state index in [4.69, 9.17) is 15.6 Å². The molecule has 6 heteroatoms. The predicted octanol–water partition coefficient (Wildman–Crippen LogP) is 3.48. The van der Waals surface area contributed by atoms with Crippen molar-refractivity contribution in [1.82, 2.24) is 0 Å². The molecule has 2 rings (SSSR count). The summed E-state index contributed by atoms with van der Waals surface area (Å²) in [5.74, 6) is -0.430. The zero-order valence-corrected chi connectivity index (χ0v) is 12.3. The molecule has 0 unspecified atom stereocenters. The highest BCUT2D eigenvalue weighted by Gasteiger charge is 2.12. The Balaban J connectivity index is 2.42. The number of rotatable bonds is 4. The molecule has 0 aliphatic carbocycles. The van der Waals surface area contributed by atoms with Gasteiger partial charge in [0.05, 0.1) is 29.7 Å². The average Bonchev–Trinajstić information content (AvgIpc) is 2.41. The first kappa shape index (κ1) is 14.2. The largest absolute Gasteiger partial charge is 0.495 e. The molecule has 0 fully saturated rings. The van der Waals surface area contributed by atoms with Gasteiger partial charge < -0.3 is 20.9 Å². The Morgan fingerprint density at radius 3 is 2.70 bits per heavy atom. The Morgan fingerprint density at radius 2 is 2.05 bits per heavy atom. The van der Waals surface area contributed by atoms with Crippen molar-refractivity contribution in [1.29, 1.82) is 0 Å². The van der Waals surface area contributed by atoms with Gasteiger partial charge in [-0.2, -0.15) is 0 Å². The van der Waals surface area contributed by atoms with Crippen molar-refractivity contribution in [3.63, 3.8) is 0 Å². The molecule has 0 atom stereocenters. The summed E-state index contributed by atoms with van der Waals surface area (Å²) in [5, 5.41) is 12.1. The fourth-order valence-electron chi connectivity index (χ4n) is 1.78. The van der Waals surface area contributed by atoms with E-state index in [9.17, 15) is 4.79 Å². The number of anilines is 3. The van der Waals surface area contributed by atoms with Crippen LogP contribution in [0, 0.1) is 0 Å². The molecule has 5 nitrogen and oxygen atoms in total. The zero-order chi connectivity index (χ0) is 14.7. The van der Waals surface area contributed by atoms with Crippen LogP contribution >= 0.6 is 15.9 Å². The van der Waals surface area contributed by atoms with E-state index in [1.807, 2.05) is 12.1 Å². The van der Waals surface area contributed by atoms with Crippen molar-refractivity contribution in [2.75, 3.05) is 18.2 Å². The molecule has 0 spiro atoms. The minimum Gasteiger partial charge on any atom is -0.495 e. The SMILES string of the molecule is COc1ccc(Br)cc1Nc1cccc(C(=O)O)c1N. The zero-order valence-electron chi connectivity index (χ0n) is 10.7. The van der Waals surface area contributed by atoms with E-state index in [0.717, 1.165) is 4.47 Å². The molecule has 2 aromatic rings. The number of hydrogen-bond acceptors (Lipinski definition) is 4. The lowest BCUT2D eigenvalue weighted by Crippen LogP contribution is -2.05. The van der Waals surface area contributed by atoms with E-state index < -0.39 is 5.97 Å². The Hall–Kier alpha value is -2.21. The number of carboxylic acids is 1. The van der Waals surface area contributed by atoms with E-state index in [2.05, 4.69) is 21.2 Å². The fourth-order valence-corrected chi connectivity index (χ4v) is 2.14. The molecule has 20 heavy (non-hydrogen) atoms. The molecule has 104 valence electrons. The van der Waals surface area contributed by atoms with Crippen LogP contribution in [0.1, 0.15) is 10.4 Å². The lowest BCUT2D eigenvalue weighted by atomic mass is 10.1. The molecule has 2 aromatic carbocycles. The third kappa shape index (κ3) is 2.85. The van der Waals surface area contributed by atoms with Crippen molar-refractivity contribution in [3.05, 3.63) is 46.4 Å². The highest BCUT2D eigenvalue weighted by atomic mass is 79.9. The molecule has 0 radical (unpaired) electrons. The van der Waals surface area contributed by atoms with Gasteiger partial charge in [-0.1, -0.05) is 22.0 Å². The minimum absolute atomic E-state index is 0.0592. The number of aromatic carboxylic acids is 1. The van der Waals surface area contributed by atoms with Gasteiger partial charge in [-0.15, -0.1) is 0 Å². The number of methoxy groups -OCH3 is 1. The first-order valence-corrected chi connectivity index (χ1v) is 6.54. The standard InChI is InChI=1S/C14H13BrN2O3/c1-20-12-6-5-8(15)7-11(12)17-10-4-2-3-9(13(10)16)14(18)19/h2-7,17H,16H2,1H3,(H,18,19). The van der Waals surface area contributed by atoms with Gasteiger partial charge in [-0.05, 0) is 30.3 Å². The number of halogens is 1. The lowest BCUT2D eigenvalue weighted by molar-refractivity contribution is 0.0698. The normalized spacial score (nSPS) is 10.1. The van der Waals surface area contributed by atoms with Crippen LogP contribution in [0.5, 0.6) is 5.75 Å². The number of ether oxygens (including phenoxy) is 1. The van der Waals surface area contributed by atoms with Gasteiger partial charge in [-0.3, -0.25) is 0 Å². The van der Waals surface area contributed by atoms with Crippen LogP contribution in [-0.4, -0.2) is 18.2 Å². The van der Waals surface area contributed by atoms with Crippen molar-refractivity contribution in [3.8, 4) is 5.75 Å². The molecule has 4 N–H and O–H groups in total. The van der Waals surface area contributed by atoms with Crippen LogP contribution in [0.3, 0.4) is 0 Å². The molecule has 0 saturated carbocycles. The summed E-state index contributed by atoms with van der Waals surface area (Å²) >= 11 is 3.37. The maximum absolute atomic E-state index is 11.1. The number of nitrogens with two attached hydrogens (primary N) is 1. The molecule has 0 bridgehead atoms. The number of hydrogen-bond donors (Lipinski definition) is 3. The Bertz CT molecular complexity index is 659. The molecule has 0 saturated heterocycles. The fraction of sp³-hybridized carbons (Fsp3) is 0.0714. The maximum atomic E-state index is 11.1. The summed E-state index contributed by atoms with van der Waals surface area (Å²) < 4.78 is 6.12. The Morgan fingerprint density at radius 1 is 1.30 bits per heavy atom. The smallest absolute Gasteiger partial charge is 0.337 e. The number of carbonyl (C=O) groups is 1. The van der Waals surface area contributed by atoms with E-state index in [1.165, 1.54) is 6.07 Å². The second kappa shape index (κ2) is 5.83. The van der Waals surface area contributed by atoms with Crippen molar-refractivity contribution < 1.29 is 14.6 Å². The van der Waals surface area contributed by atoms with Gasteiger partial charge in [0, 0.05) is 4.47 Å². The van der Waals surface area contributed by atoms with Gasteiger partial charge in [0.1, 0.15) is 5.75 Å². The molecule has 0 heterocycles. The molecule has 0 aliphatic heterocycles. The summed E-state index contributed by atoms with van der Waals surface area (Å²) in [6.07, 6.45) is 0. The number of nitrogen functional groups attached to an aromatic ring is 1. The van der Waals surface area contributed by atoms with Crippen molar-refractivity contribution in [2.24, 2.45) is 0 Å². The summed E-state index contributed by atoms with van der Waals surface area (Å²) in [5.41, 5.74) is 7.31. The van der Waals surface area contributed by atoms with Crippen LogP contribution in [0.15, 0.2) is 40.9 Å². The average molecular weight is 337 g/mol. The molecule has 0 aliphatic rings. The van der Waals surface area contributed by atoms with Gasteiger partial charge in [0.25, 0.3) is 0 Å². The van der Waals surface area contributed by atoms with Crippen LogP contribution in [0.4, 0.5) is 17.1 Å². The van der Waals surface area contributed by atoms with Crippen LogP contribution in [0.25, 0.3) is 0 Å². The predicted molar refractivity (Wildman–Crippen MR) is 81.8 cm³/mol. The van der Waals surface area contributed by atoms with Gasteiger partial charge in [0.15, 0.2) is 0 Å². The number of carboxylic acid groups (broad SMARTS) is 1. The first-order valence-electron chi connectivity index (χ1n) is 5.75. The summed E-state index contributed by atoms with van der Waals surface area (Å²) in [6, 6.07) is 10.3. The van der Waals surface area contributed by atoms with Crippen molar-refractivity contribution >= 4 is 39.0 Å². The second-order valence-corrected chi connectivity index (χ2v) is 4.96. The highest BCUT2D eigenvalue weighted by Crippen LogP contribution is 2.33. The lowest BCUT2D eigenvalue weighted by Gasteiger charge is -2.14. The molecule has 0 aromatic heterocycles. The molecular weight excluding hydrogens is 324 g/mol. The number of para-hydroxylation sites is 1. The summed E-state index contributed by atoms with van der Waals surface area (Å²) in [4.78, 5) is 11.1. The molecular formula is C14H13BrN2O3. The number of benzene rings is 2. The monoisotopic (exact) mass is 336 g/mol. The Labute approximate surface area is 124 Å². The topological polar surface area (TPSA) is 84.6 Å². The van der Waals surface area contributed by atoms with E-state index in [-0.39, 0.29) is 11.3 Å². The Kier molecular flexibility index (Phi) is 4.14. The minimum atomic E-state index is -1.06. The van der Waals surface area contributed by atoms with Crippen LogP contribution in [0.2, 0.25) is 0 Å². The quantitative estimate of drug-likeness (QED) is 0.744. The highest BCUT2D eigenvalue weighted by molar-refractivity contribution is 9.10. The van der Waals surface area contributed by atoms with E-state index in [1.54, 1.807) is 25.3 Å². The third-order valence-corrected chi connectivity index (χ3v) is 3.26. The van der Waals surface area contributed by atoms with Crippen LogP contribution in [-0.2, 0) is 0 Å². The van der Waals surface area contributed by atoms with E-state index >= 15 is 0 Å². The second-order valence-electron chi connectivity index (χ2n) is 4.04. The van der Waals surface area contributed by atoms with E-state index in [0.29, 0.717) is 17.1 Å². The molecule has 0 amide bonds. The van der Waals surface area contributed by atoms with Gasteiger partial charge in [0.2, 0.25) is 0 Å². The van der Waals surface area contributed by atoms with Gasteiger partial charge in [-0.25, -0.2) is 4.79 Å². The number of nitrogens with one attached hydrogen (secondary N) is 1. The maximum Gasteiger partial charge on any atom is 0.337 e.